The van der Waals surface area contributed by atoms with Crippen molar-refractivity contribution in [3.05, 3.63) is 11.6 Å². The molecule has 2 heteroatoms. The van der Waals surface area contributed by atoms with Crippen LogP contribution in [-0.4, -0.2) is 12.1 Å². The van der Waals surface area contributed by atoms with Gasteiger partial charge in [0.05, 0.1) is 0 Å². The fourth-order valence-electron chi connectivity index (χ4n) is 12.5. The number of carbonyl (C=O) groups is 1. The van der Waals surface area contributed by atoms with Crippen molar-refractivity contribution in [1.29, 1.82) is 0 Å². The first-order chi connectivity index (χ1) is 25.6. The van der Waals surface area contributed by atoms with Gasteiger partial charge in [-0.3, -0.25) is 4.79 Å². The van der Waals surface area contributed by atoms with E-state index >= 15 is 0 Å². The van der Waals surface area contributed by atoms with Gasteiger partial charge in [0.25, 0.3) is 0 Å². The molecular weight excluding hydrogens is 645 g/mol. The predicted molar refractivity (Wildman–Crippen MR) is 230 cm³/mol. The molecule has 53 heavy (non-hydrogen) atoms. The molecule has 0 N–H and O–H groups in total. The number of allylic oxidation sites excluding steroid dienone is 1. The minimum Gasteiger partial charge on any atom is -0.462 e. The summed E-state index contributed by atoms with van der Waals surface area (Å²) in [5.74, 6) is 6.11. The van der Waals surface area contributed by atoms with E-state index < -0.39 is 0 Å². The zero-order valence-electron chi connectivity index (χ0n) is 36.9. The summed E-state index contributed by atoms with van der Waals surface area (Å²) in [7, 11) is 0. The maximum Gasteiger partial charge on any atom is 0.306 e. The van der Waals surface area contributed by atoms with Crippen LogP contribution in [0.25, 0.3) is 0 Å². The Labute approximate surface area is 332 Å². The van der Waals surface area contributed by atoms with Crippen LogP contribution in [0.1, 0.15) is 248 Å². The first kappa shape index (κ1) is 44.9. The normalized spacial score (nSPS) is 30.7. The lowest BCUT2D eigenvalue weighted by atomic mass is 9.47. The number of fused-ring (bicyclic) bond motifs is 5. The van der Waals surface area contributed by atoms with Crippen LogP contribution in [0, 0.1) is 52.3 Å². The van der Waals surface area contributed by atoms with Crippen LogP contribution in [0.5, 0.6) is 0 Å². The minimum atomic E-state index is 0.0673. The summed E-state index contributed by atoms with van der Waals surface area (Å²) in [6, 6.07) is 0. The van der Waals surface area contributed by atoms with Crippen molar-refractivity contribution < 1.29 is 9.53 Å². The molecule has 9 unspecified atom stereocenters. The Morgan fingerprint density at radius 3 is 1.77 bits per heavy atom. The molecule has 2 nitrogen and oxygen atoms in total. The molecule has 0 aromatic heterocycles. The Kier molecular flexibility index (Phi) is 19.9. The van der Waals surface area contributed by atoms with Gasteiger partial charge in [-0.2, -0.15) is 0 Å². The maximum atomic E-state index is 12.9. The van der Waals surface area contributed by atoms with Crippen LogP contribution in [0.2, 0.25) is 0 Å². The van der Waals surface area contributed by atoms with E-state index in [2.05, 4.69) is 54.5 Å². The van der Waals surface area contributed by atoms with Crippen molar-refractivity contribution in [2.45, 2.75) is 254 Å². The molecule has 0 radical (unpaired) electrons. The van der Waals surface area contributed by atoms with E-state index in [1.807, 2.05) is 0 Å². The Hall–Kier alpha value is -0.790. The van der Waals surface area contributed by atoms with Crippen LogP contribution in [-0.2, 0) is 9.53 Å². The molecule has 0 aromatic rings. The molecule has 0 aromatic carbocycles. The van der Waals surface area contributed by atoms with Gasteiger partial charge in [0, 0.05) is 12.8 Å². The van der Waals surface area contributed by atoms with Gasteiger partial charge in [-0.1, -0.05) is 195 Å². The molecular formula is C51H92O2. The molecule has 0 spiro atoms. The SMILES string of the molecule is CCCCCCCCCCCCCCCCCCCCCCC(=O)OC1CCC2(C)C(=CCC3C2CCC2(C)C(C(C)CCC(C)C(C)C)CCC32)C1. The van der Waals surface area contributed by atoms with E-state index in [0.29, 0.717) is 17.3 Å². The summed E-state index contributed by atoms with van der Waals surface area (Å²) in [5, 5.41) is 0. The van der Waals surface area contributed by atoms with Gasteiger partial charge in [-0.15, -0.1) is 0 Å². The highest BCUT2D eigenvalue weighted by Crippen LogP contribution is 2.67. The first-order valence-corrected chi connectivity index (χ1v) is 24.5. The highest BCUT2D eigenvalue weighted by molar-refractivity contribution is 5.69. The Morgan fingerprint density at radius 1 is 0.679 bits per heavy atom. The average Bonchev–Trinajstić information content (AvgIpc) is 3.50. The lowest BCUT2D eigenvalue weighted by molar-refractivity contribution is -0.151. The van der Waals surface area contributed by atoms with Crippen molar-refractivity contribution in [2.24, 2.45) is 52.3 Å². The molecule has 0 saturated heterocycles. The molecule has 4 rings (SSSR count). The van der Waals surface area contributed by atoms with Gasteiger partial charge in [0.15, 0.2) is 0 Å². The third kappa shape index (κ3) is 13.4. The zero-order chi connectivity index (χ0) is 38.1. The zero-order valence-corrected chi connectivity index (χ0v) is 36.9. The molecule has 308 valence electrons. The van der Waals surface area contributed by atoms with Crippen LogP contribution in [0.15, 0.2) is 11.6 Å². The highest BCUT2D eigenvalue weighted by Gasteiger charge is 2.59. The lowest BCUT2D eigenvalue weighted by Crippen LogP contribution is -2.51. The number of esters is 1. The molecule has 3 saturated carbocycles. The lowest BCUT2D eigenvalue weighted by Gasteiger charge is -2.58. The van der Waals surface area contributed by atoms with Crippen molar-refractivity contribution in [2.75, 3.05) is 0 Å². The quantitative estimate of drug-likeness (QED) is 0.0477. The van der Waals surface area contributed by atoms with Crippen LogP contribution in [0.4, 0.5) is 0 Å². The number of rotatable bonds is 27. The molecule has 3 fully saturated rings. The predicted octanol–water partition coefficient (Wildman–Crippen LogP) is 16.4. The van der Waals surface area contributed by atoms with Crippen LogP contribution < -0.4 is 0 Å². The van der Waals surface area contributed by atoms with E-state index in [9.17, 15) is 4.79 Å². The second-order valence-corrected chi connectivity index (χ2v) is 20.6. The molecule has 0 aliphatic heterocycles. The second-order valence-electron chi connectivity index (χ2n) is 20.6. The smallest absolute Gasteiger partial charge is 0.306 e. The van der Waals surface area contributed by atoms with Gasteiger partial charge >= 0.3 is 5.97 Å². The van der Waals surface area contributed by atoms with Crippen molar-refractivity contribution in [3.63, 3.8) is 0 Å². The van der Waals surface area contributed by atoms with Gasteiger partial charge in [-0.25, -0.2) is 0 Å². The highest BCUT2D eigenvalue weighted by atomic mass is 16.5. The van der Waals surface area contributed by atoms with E-state index in [-0.39, 0.29) is 12.1 Å². The molecule has 4 aliphatic carbocycles. The van der Waals surface area contributed by atoms with Crippen molar-refractivity contribution in [3.8, 4) is 0 Å². The van der Waals surface area contributed by atoms with Gasteiger partial charge < -0.3 is 4.74 Å². The maximum absolute atomic E-state index is 12.9. The molecule has 0 bridgehead atoms. The number of hydrogen-bond donors (Lipinski definition) is 0. The van der Waals surface area contributed by atoms with E-state index in [0.717, 1.165) is 60.7 Å². The number of unbranched alkanes of at least 4 members (excludes halogenated alkanes) is 19. The Balaban J connectivity index is 1.03. The third-order valence-corrected chi connectivity index (χ3v) is 16.6. The number of hydrogen-bond acceptors (Lipinski definition) is 2. The van der Waals surface area contributed by atoms with Gasteiger partial charge in [0.2, 0.25) is 0 Å². The summed E-state index contributed by atoms with van der Waals surface area (Å²) in [5.41, 5.74) is 2.52. The fraction of sp³-hybridized carbons (Fsp3) is 0.941. The van der Waals surface area contributed by atoms with Crippen LogP contribution >= 0.6 is 0 Å². The summed E-state index contributed by atoms with van der Waals surface area (Å²) < 4.78 is 6.16. The molecule has 9 atom stereocenters. The number of carbonyl (C=O) groups excluding carboxylic acids is 1. The summed E-state index contributed by atoms with van der Waals surface area (Å²) >= 11 is 0. The van der Waals surface area contributed by atoms with Crippen molar-refractivity contribution >= 4 is 5.97 Å². The third-order valence-electron chi connectivity index (χ3n) is 16.6. The summed E-state index contributed by atoms with van der Waals surface area (Å²) in [6.07, 6.45) is 44.3. The molecule has 4 aliphatic rings. The first-order valence-electron chi connectivity index (χ1n) is 24.5. The molecule has 0 amide bonds. The Bertz CT molecular complexity index is 1040. The fourth-order valence-corrected chi connectivity index (χ4v) is 12.5. The monoisotopic (exact) mass is 737 g/mol. The van der Waals surface area contributed by atoms with Crippen molar-refractivity contribution in [1.82, 2.24) is 0 Å². The topological polar surface area (TPSA) is 26.3 Å². The van der Waals surface area contributed by atoms with E-state index in [4.69, 9.17) is 4.74 Å². The average molecular weight is 737 g/mol. The molecule has 0 heterocycles. The summed E-state index contributed by atoms with van der Waals surface area (Å²) in [6.45, 7) is 17.5. The summed E-state index contributed by atoms with van der Waals surface area (Å²) in [4.78, 5) is 12.9. The van der Waals surface area contributed by atoms with Gasteiger partial charge in [-0.05, 0) is 104 Å². The van der Waals surface area contributed by atoms with E-state index in [1.165, 1.54) is 173 Å². The Morgan fingerprint density at radius 2 is 1.23 bits per heavy atom. The van der Waals surface area contributed by atoms with E-state index in [1.54, 1.807) is 5.57 Å². The standard InChI is InChI=1S/C51H92O2/c1-8-9-10-11-12-13-14-15-16-17-18-19-20-21-22-23-24-25-26-27-28-49(52)53-44-35-37-50(6)43(39-44)31-32-45-47-34-33-46(51(47,7)38-36-48(45)50)42(5)30-29-41(4)40(2)3/h31,40-42,44-48H,8-30,32-39H2,1-7H3. The largest absolute Gasteiger partial charge is 0.462 e. The minimum absolute atomic E-state index is 0.0673. The van der Waals surface area contributed by atoms with Gasteiger partial charge in [0.1, 0.15) is 6.10 Å². The second kappa shape index (κ2) is 23.4. The number of ether oxygens (including phenoxy) is 1. The van der Waals surface area contributed by atoms with Crippen LogP contribution in [0.3, 0.4) is 0 Å².